The molecule has 3 heterocycles. The minimum absolute atomic E-state index is 0.0964. The van der Waals surface area contributed by atoms with Gasteiger partial charge in [0.25, 0.3) is 5.91 Å². The van der Waals surface area contributed by atoms with Crippen molar-refractivity contribution >= 4 is 33.1 Å². The molecule has 1 aliphatic rings. The van der Waals surface area contributed by atoms with Gasteiger partial charge in [0.05, 0.1) is 18.0 Å². The number of alkyl halides is 1. The van der Waals surface area contributed by atoms with Crippen molar-refractivity contribution in [1.29, 1.82) is 0 Å². The van der Waals surface area contributed by atoms with Crippen LogP contribution < -0.4 is 15.2 Å². The lowest BCUT2D eigenvalue weighted by Gasteiger charge is -2.16. The lowest BCUT2D eigenvalue weighted by atomic mass is 10.2. The Labute approximate surface area is 220 Å². The van der Waals surface area contributed by atoms with Crippen LogP contribution in [-0.4, -0.2) is 82.3 Å². The van der Waals surface area contributed by atoms with Gasteiger partial charge in [0.1, 0.15) is 23.8 Å². The third kappa shape index (κ3) is 7.12. The molecule has 3 atom stereocenters. The van der Waals surface area contributed by atoms with Crippen LogP contribution in [-0.2, 0) is 14.9 Å². The van der Waals surface area contributed by atoms with E-state index in [1.807, 2.05) is 0 Å². The average molecular weight is 553 g/mol. The minimum atomic E-state index is -4.28. The van der Waals surface area contributed by atoms with Crippen molar-refractivity contribution in [3.8, 4) is 5.75 Å². The van der Waals surface area contributed by atoms with Crippen molar-refractivity contribution in [2.24, 2.45) is 0 Å². The number of halogens is 1. The highest BCUT2D eigenvalue weighted by Gasteiger charge is 2.38. The van der Waals surface area contributed by atoms with Crippen molar-refractivity contribution in [3.63, 3.8) is 0 Å². The Hall–Kier alpha value is -3.40. The van der Waals surface area contributed by atoms with Crippen molar-refractivity contribution < 1.29 is 27.4 Å². The van der Waals surface area contributed by atoms with Crippen LogP contribution in [0.2, 0.25) is 0 Å². The molecule has 38 heavy (non-hydrogen) atoms. The van der Waals surface area contributed by atoms with Gasteiger partial charge in [-0.25, -0.2) is 24.1 Å². The number of imidazole rings is 1. The molecule has 13 nitrogen and oxygen atoms in total. The number of phenolic OH excluding ortho intramolecular Hbond substituents is 1. The molecule has 0 saturated carbocycles. The predicted molar refractivity (Wildman–Crippen MR) is 139 cm³/mol. The molecule has 0 spiro atoms. The van der Waals surface area contributed by atoms with E-state index in [0.717, 1.165) is 0 Å². The van der Waals surface area contributed by atoms with Crippen molar-refractivity contribution in [2.45, 2.75) is 45.7 Å². The summed E-state index contributed by atoms with van der Waals surface area (Å²) in [6, 6.07) is 5.48. The third-order valence-electron chi connectivity index (χ3n) is 6.01. The maximum atomic E-state index is 14.6. The van der Waals surface area contributed by atoms with Gasteiger partial charge in [-0.05, 0) is 31.8 Å². The number of carbonyl (C=O) groups excluding carboxylic acids is 1. The summed E-state index contributed by atoms with van der Waals surface area (Å²) < 4.78 is 49.9. The maximum Gasteiger partial charge on any atom is 0.301 e. The van der Waals surface area contributed by atoms with Gasteiger partial charge >= 0.3 is 10.2 Å². The topological polar surface area (TPSA) is 178 Å². The average Bonchev–Trinajstić information content (AvgIpc) is 3.48. The van der Waals surface area contributed by atoms with E-state index >= 15 is 0 Å². The molecule has 1 fully saturated rings. The SMILES string of the molecule is CCN(CC)CC.Nc1ncnc2c1ncn2[C@@H]1O[C@H](CNS(=O)(=O)NC(=O)c2ccccc2O)C[C@H]1F. The molecule has 0 bridgehead atoms. The van der Waals surface area contributed by atoms with Crippen LogP contribution in [0.1, 0.15) is 43.8 Å². The fraction of sp³-hybridized carbons (Fsp3) is 0.478. The normalized spacial score (nSPS) is 19.3. The molecule has 0 radical (unpaired) electrons. The number of amides is 1. The second kappa shape index (κ2) is 12.9. The van der Waals surface area contributed by atoms with Gasteiger partial charge in [0.2, 0.25) is 0 Å². The number of hydrogen-bond donors (Lipinski definition) is 4. The van der Waals surface area contributed by atoms with Gasteiger partial charge in [0.15, 0.2) is 17.7 Å². The summed E-state index contributed by atoms with van der Waals surface area (Å²) in [6.07, 6.45) is -0.902. The van der Waals surface area contributed by atoms with E-state index < -0.39 is 34.6 Å². The summed E-state index contributed by atoms with van der Waals surface area (Å²) in [5.41, 5.74) is 6.11. The molecular weight excluding hydrogens is 519 g/mol. The van der Waals surface area contributed by atoms with E-state index in [1.165, 1.54) is 61.1 Å². The molecule has 208 valence electrons. The highest BCUT2D eigenvalue weighted by molar-refractivity contribution is 7.88. The number of fused-ring (bicyclic) bond motifs is 1. The van der Waals surface area contributed by atoms with Crippen molar-refractivity contribution in [1.82, 2.24) is 33.9 Å². The Bertz CT molecular complexity index is 1330. The van der Waals surface area contributed by atoms with E-state index in [-0.39, 0.29) is 35.7 Å². The molecule has 0 aliphatic carbocycles. The molecule has 15 heteroatoms. The van der Waals surface area contributed by atoms with E-state index in [1.54, 1.807) is 4.72 Å². The molecule has 1 aromatic carbocycles. The van der Waals surface area contributed by atoms with Crippen LogP contribution in [0.5, 0.6) is 5.75 Å². The van der Waals surface area contributed by atoms with Crippen LogP contribution >= 0.6 is 0 Å². The monoisotopic (exact) mass is 552 g/mol. The number of hydrogen-bond acceptors (Lipinski definition) is 10. The molecule has 3 aromatic rings. The highest BCUT2D eigenvalue weighted by atomic mass is 32.2. The first-order valence-corrected chi connectivity index (χ1v) is 13.6. The number of phenols is 1. The maximum absolute atomic E-state index is 14.6. The third-order valence-corrected chi connectivity index (χ3v) is 7.01. The number of anilines is 1. The van der Waals surface area contributed by atoms with Gasteiger partial charge in [-0.3, -0.25) is 9.36 Å². The number of para-hydroxylation sites is 1. The number of nitrogens with two attached hydrogens (primary N) is 1. The molecule has 1 aliphatic heterocycles. The Morgan fingerprint density at radius 3 is 2.53 bits per heavy atom. The first kappa shape index (κ1) is 29.2. The molecule has 4 rings (SSSR count). The largest absolute Gasteiger partial charge is 0.507 e. The van der Waals surface area contributed by atoms with Crippen LogP contribution in [0.25, 0.3) is 11.2 Å². The Kier molecular flexibility index (Phi) is 9.90. The van der Waals surface area contributed by atoms with E-state index in [4.69, 9.17) is 10.5 Å². The van der Waals surface area contributed by atoms with Crippen LogP contribution in [0.15, 0.2) is 36.9 Å². The fourth-order valence-corrected chi connectivity index (χ4v) is 4.72. The van der Waals surface area contributed by atoms with Crippen LogP contribution in [0.3, 0.4) is 0 Å². The number of rotatable bonds is 9. The summed E-state index contributed by atoms with van der Waals surface area (Å²) in [6.45, 7) is 9.84. The van der Waals surface area contributed by atoms with Crippen LogP contribution in [0.4, 0.5) is 10.2 Å². The summed E-state index contributed by atoms with van der Waals surface area (Å²) in [4.78, 5) is 26.4. The van der Waals surface area contributed by atoms with Gasteiger partial charge in [-0.1, -0.05) is 32.9 Å². The molecule has 5 N–H and O–H groups in total. The quantitative estimate of drug-likeness (QED) is 0.303. The standard InChI is InChI=1S/C17H18FN7O5S.C6H15N/c18-11-5-9(30-17(11)25-8-22-13-14(19)20-7-21-15(13)25)6-23-31(28,29)24-16(27)10-3-1-2-4-12(10)26;1-4-7(5-2)6-3/h1-4,7-9,11,17,23,26H,5-6H2,(H,24,27)(H2,19,20,21);4-6H2,1-3H3/t9-,11+,17+;/m0./s1. The zero-order valence-electron chi connectivity index (χ0n) is 21.4. The van der Waals surface area contributed by atoms with Gasteiger partial charge in [-0.15, -0.1) is 0 Å². The number of aromatic hydroxyl groups is 1. The highest BCUT2D eigenvalue weighted by Crippen LogP contribution is 2.33. The molecule has 2 aromatic heterocycles. The van der Waals surface area contributed by atoms with E-state index in [0.29, 0.717) is 5.52 Å². The minimum Gasteiger partial charge on any atom is -0.507 e. The molecular formula is C23H33FN8O5S. The summed E-state index contributed by atoms with van der Waals surface area (Å²) >= 11 is 0. The first-order chi connectivity index (χ1) is 18.1. The Morgan fingerprint density at radius 1 is 1.21 bits per heavy atom. The lowest BCUT2D eigenvalue weighted by molar-refractivity contribution is -0.0139. The molecule has 1 amide bonds. The number of nitrogens with one attached hydrogen (secondary N) is 2. The fourth-order valence-electron chi connectivity index (χ4n) is 3.89. The van der Waals surface area contributed by atoms with Gasteiger partial charge in [0, 0.05) is 13.0 Å². The number of carbonyl (C=O) groups is 1. The van der Waals surface area contributed by atoms with Crippen LogP contribution in [0, 0.1) is 0 Å². The zero-order valence-corrected chi connectivity index (χ0v) is 22.2. The summed E-state index contributed by atoms with van der Waals surface area (Å²) in [5.74, 6) is -1.24. The lowest BCUT2D eigenvalue weighted by Crippen LogP contribution is -2.43. The molecule has 1 saturated heterocycles. The number of nitrogens with zero attached hydrogens (tertiary/aromatic N) is 5. The zero-order chi connectivity index (χ0) is 27.9. The van der Waals surface area contributed by atoms with Gasteiger partial charge < -0.3 is 20.5 Å². The summed E-state index contributed by atoms with van der Waals surface area (Å²) in [5, 5.41) is 9.66. The number of ether oxygens (including phenoxy) is 1. The van der Waals surface area contributed by atoms with Crippen molar-refractivity contribution in [3.05, 3.63) is 42.5 Å². The first-order valence-electron chi connectivity index (χ1n) is 12.1. The second-order valence-electron chi connectivity index (χ2n) is 8.40. The van der Waals surface area contributed by atoms with E-state index in [9.17, 15) is 22.7 Å². The van der Waals surface area contributed by atoms with Crippen molar-refractivity contribution in [2.75, 3.05) is 31.9 Å². The Morgan fingerprint density at radius 2 is 1.89 bits per heavy atom. The second-order valence-corrected chi connectivity index (χ2v) is 9.90. The van der Waals surface area contributed by atoms with Gasteiger partial charge in [-0.2, -0.15) is 13.1 Å². The number of nitrogen functional groups attached to an aromatic ring is 1. The summed E-state index contributed by atoms with van der Waals surface area (Å²) in [7, 11) is -4.28. The number of aromatic nitrogens is 4. The smallest absolute Gasteiger partial charge is 0.301 e. The predicted octanol–water partition coefficient (Wildman–Crippen LogP) is 1.35. The van der Waals surface area contributed by atoms with E-state index in [2.05, 4.69) is 45.3 Å². The number of benzene rings is 1. The molecule has 0 unspecified atom stereocenters. The Balaban J connectivity index is 0.000000505.